The Bertz CT molecular complexity index is 613. The predicted molar refractivity (Wildman–Crippen MR) is 75.9 cm³/mol. The summed E-state index contributed by atoms with van der Waals surface area (Å²) < 4.78 is 9.95. The van der Waals surface area contributed by atoms with Crippen molar-refractivity contribution in [2.24, 2.45) is 0 Å². The fourth-order valence-electron chi connectivity index (χ4n) is 1.56. The largest absolute Gasteiger partial charge is 0.469 e. The number of halogens is 1. The van der Waals surface area contributed by atoms with Crippen molar-refractivity contribution in [3.05, 3.63) is 47.6 Å². The van der Waals surface area contributed by atoms with Crippen LogP contribution in [0.1, 0.15) is 12.2 Å². The van der Waals surface area contributed by atoms with Crippen LogP contribution in [0, 0.1) is 0 Å². The third-order valence-electron chi connectivity index (χ3n) is 2.55. The summed E-state index contributed by atoms with van der Waals surface area (Å²) >= 11 is 5.79. The summed E-state index contributed by atoms with van der Waals surface area (Å²) in [6, 6.07) is 6.75. The first-order valence-corrected chi connectivity index (χ1v) is 6.61. The van der Waals surface area contributed by atoms with E-state index in [-0.39, 0.29) is 18.2 Å². The van der Waals surface area contributed by atoms with E-state index in [9.17, 15) is 9.59 Å². The molecule has 0 fully saturated rings. The lowest BCUT2D eigenvalue weighted by Crippen LogP contribution is -2.21. The first-order valence-electron chi connectivity index (χ1n) is 6.23. The topological polar surface area (TPSA) is 81.4 Å². The molecule has 2 aromatic rings. The van der Waals surface area contributed by atoms with E-state index >= 15 is 0 Å². The summed E-state index contributed by atoms with van der Waals surface area (Å²) in [5.74, 6) is -0.256. The quantitative estimate of drug-likeness (QED) is 0.655. The number of aromatic nitrogens is 1. The number of nitrogens with one attached hydrogen (secondary N) is 1. The lowest BCUT2D eigenvalue weighted by atomic mass is 10.2. The van der Waals surface area contributed by atoms with Gasteiger partial charge in [0, 0.05) is 12.6 Å². The summed E-state index contributed by atoms with van der Waals surface area (Å²) in [4.78, 5) is 26.9. The van der Waals surface area contributed by atoms with Gasteiger partial charge in [-0.3, -0.25) is 9.59 Å². The van der Waals surface area contributed by atoms with E-state index in [0.29, 0.717) is 17.9 Å². The Balaban J connectivity index is 1.71. The third kappa shape index (κ3) is 4.92. The number of amides is 1. The standard InChI is InChI=1S/C14H13ClN2O4/c15-14-11(4-1-7-16-14)17-12(18)9-21-13(19)6-5-10-3-2-8-20-10/h1-4,7-8H,5-6,9H2,(H,17,18). The molecule has 1 N–H and O–H groups in total. The molecule has 110 valence electrons. The molecule has 0 saturated carbocycles. The van der Waals surface area contributed by atoms with Crippen LogP contribution in [-0.2, 0) is 20.7 Å². The first kappa shape index (κ1) is 15.1. The molecule has 0 atom stereocenters. The van der Waals surface area contributed by atoms with Crippen molar-refractivity contribution in [1.29, 1.82) is 0 Å². The van der Waals surface area contributed by atoms with Gasteiger partial charge in [0.2, 0.25) is 0 Å². The van der Waals surface area contributed by atoms with E-state index < -0.39 is 11.9 Å². The van der Waals surface area contributed by atoms with Gasteiger partial charge in [-0.05, 0) is 24.3 Å². The van der Waals surface area contributed by atoms with Crippen LogP contribution in [0.15, 0.2) is 41.1 Å². The van der Waals surface area contributed by atoms with Gasteiger partial charge in [0.15, 0.2) is 11.8 Å². The number of hydrogen-bond donors (Lipinski definition) is 1. The number of aryl methyl sites for hydroxylation is 1. The Labute approximate surface area is 126 Å². The second-order valence-corrected chi connectivity index (χ2v) is 4.49. The molecule has 0 radical (unpaired) electrons. The zero-order valence-electron chi connectivity index (χ0n) is 11.0. The molecule has 2 heterocycles. The molecular weight excluding hydrogens is 296 g/mol. The second kappa shape index (κ2) is 7.44. The highest BCUT2D eigenvalue weighted by atomic mass is 35.5. The minimum atomic E-state index is -0.476. The maximum atomic E-state index is 11.6. The third-order valence-corrected chi connectivity index (χ3v) is 2.85. The highest BCUT2D eigenvalue weighted by molar-refractivity contribution is 6.32. The average molecular weight is 309 g/mol. The van der Waals surface area contributed by atoms with Gasteiger partial charge in [-0.2, -0.15) is 0 Å². The smallest absolute Gasteiger partial charge is 0.306 e. The van der Waals surface area contributed by atoms with Crippen molar-refractivity contribution < 1.29 is 18.7 Å². The molecule has 0 aliphatic carbocycles. The summed E-state index contributed by atoms with van der Waals surface area (Å²) in [6.45, 7) is -0.373. The summed E-state index contributed by atoms with van der Waals surface area (Å²) in [7, 11) is 0. The molecule has 0 bridgehead atoms. The molecule has 0 unspecified atom stereocenters. The summed E-state index contributed by atoms with van der Waals surface area (Å²) in [5.41, 5.74) is 0.371. The van der Waals surface area contributed by atoms with Gasteiger partial charge in [-0.1, -0.05) is 11.6 Å². The van der Waals surface area contributed by atoms with E-state index in [0.717, 1.165) is 0 Å². The zero-order valence-corrected chi connectivity index (χ0v) is 11.8. The maximum absolute atomic E-state index is 11.6. The number of carbonyl (C=O) groups excluding carboxylic acids is 2. The van der Waals surface area contributed by atoms with Crippen LogP contribution in [0.3, 0.4) is 0 Å². The Morgan fingerprint density at radius 3 is 2.90 bits per heavy atom. The lowest BCUT2D eigenvalue weighted by molar-refractivity contribution is -0.147. The van der Waals surface area contributed by atoms with Crippen molar-refractivity contribution in [3.63, 3.8) is 0 Å². The van der Waals surface area contributed by atoms with Crippen LogP contribution in [0.5, 0.6) is 0 Å². The number of ether oxygens (including phenoxy) is 1. The molecule has 7 heteroatoms. The fourth-order valence-corrected chi connectivity index (χ4v) is 1.73. The number of pyridine rings is 1. The van der Waals surface area contributed by atoms with Crippen LogP contribution >= 0.6 is 11.6 Å². The van der Waals surface area contributed by atoms with Crippen molar-refractivity contribution in [2.75, 3.05) is 11.9 Å². The average Bonchev–Trinajstić information content (AvgIpc) is 2.99. The van der Waals surface area contributed by atoms with Gasteiger partial charge in [0.05, 0.1) is 18.4 Å². The Morgan fingerprint density at radius 2 is 2.19 bits per heavy atom. The van der Waals surface area contributed by atoms with E-state index in [4.69, 9.17) is 20.8 Å². The van der Waals surface area contributed by atoms with Gasteiger partial charge in [-0.25, -0.2) is 4.98 Å². The molecule has 0 saturated heterocycles. The Hall–Kier alpha value is -2.34. The van der Waals surface area contributed by atoms with Gasteiger partial charge < -0.3 is 14.5 Å². The van der Waals surface area contributed by atoms with E-state index in [2.05, 4.69) is 10.3 Å². The van der Waals surface area contributed by atoms with Gasteiger partial charge >= 0.3 is 5.97 Å². The Morgan fingerprint density at radius 1 is 1.33 bits per heavy atom. The molecule has 6 nitrogen and oxygen atoms in total. The number of nitrogens with zero attached hydrogens (tertiary/aromatic N) is 1. The first-order chi connectivity index (χ1) is 10.1. The van der Waals surface area contributed by atoms with Gasteiger partial charge in [-0.15, -0.1) is 0 Å². The fraction of sp³-hybridized carbons (Fsp3) is 0.214. The zero-order chi connectivity index (χ0) is 15.1. The second-order valence-electron chi connectivity index (χ2n) is 4.13. The van der Waals surface area contributed by atoms with Crippen LogP contribution in [0.4, 0.5) is 5.69 Å². The van der Waals surface area contributed by atoms with Crippen LogP contribution < -0.4 is 5.32 Å². The van der Waals surface area contributed by atoms with Gasteiger partial charge in [0.25, 0.3) is 5.91 Å². The molecular formula is C14H13ClN2O4. The minimum absolute atomic E-state index is 0.147. The predicted octanol–water partition coefficient (Wildman–Crippen LogP) is 2.44. The van der Waals surface area contributed by atoms with Gasteiger partial charge in [0.1, 0.15) is 5.76 Å². The molecule has 2 aromatic heterocycles. The van der Waals surface area contributed by atoms with Crippen molar-refractivity contribution in [3.8, 4) is 0 Å². The number of rotatable bonds is 6. The maximum Gasteiger partial charge on any atom is 0.306 e. The molecule has 0 aliphatic rings. The monoisotopic (exact) mass is 308 g/mol. The lowest BCUT2D eigenvalue weighted by Gasteiger charge is -2.07. The molecule has 0 spiro atoms. The number of anilines is 1. The number of carbonyl (C=O) groups is 2. The van der Waals surface area contributed by atoms with E-state index in [1.54, 1.807) is 24.3 Å². The minimum Gasteiger partial charge on any atom is -0.469 e. The van der Waals surface area contributed by atoms with E-state index in [1.165, 1.54) is 12.5 Å². The summed E-state index contributed by atoms with van der Waals surface area (Å²) in [6.07, 6.45) is 3.62. The molecule has 0 aromatic carbocycles. The number of esters is 1. The normalized spacial score (nSPS) is 10.1. The molecule has 2 rings (SSSR count). The van der Waals surface area contributed by atoms with Crippen LogP contribution in [0.2, 0.25) is 5.15 Å². The SMILES string of the molecule is O=C(COC(=O)CCc1ccco1)Nc1cccnc1Cl. The van der Waals surface area contributed by atoms with Crippen molar-refractivity contribution >= 4 is 29.2 Å². The summed E-state index contributed by atoms with van der Waals surface area (Å²) in [5, 5.41) is 2.68. The molecule has 1 amide bonds. The molecule has 0 aliphatic heterocycles. The van der Waals surface area contributed by atoms with E-state index in [1.807, 2.05) is 0 Å². The highest BCUT2D eigenvalue weighted by Crippen LogP contribution is 2.17. The molecule has 21 heavy (non-hydrogen) atoms. The van der Waals surface area contributed by atoms with Crippen molar-refractivity contribution in [2.45, 2.75) is 12.8 Å². The Kier molecular flexibility index (Phi) is 5.34. The number of furan rings is 1. The van der Waals surface area contributed by atoms with Crippen LogP contribution in [-0.4, -0.2) is 23.5 Å². The van der Waals surface area contributed by atoms with Crippen molar-refractivity contribution in [1.82, 2.24) is 4.98 Å². The highest BCUT2D eigenvalue weighted by Gasteiger charge is 2.10. The van der Waals surface area contributed by atoms with Crippen LogP contribution in [0.25, 0.3) is 0 Å². The number of hydrogen-bond acceptors (Lipinski definition) is 5.